The Morgan fingerprint density at radius 1 is 0.382 bits per heavy atom. The number of ketones is 3. The van der Waals surface area contributed by atoms with Gasteiger partial charge in [-0.05, 0) is 189 Å². The number of ether oxygens (including phenoxy) is 1. The summed E-state index contributed by atoms with van der Waals surface area (Å²) < 4.78 is 169. The Hall–Kier alpha value is -8.51. The van der Waals surface area contributed by atoms with Crippen LogP contribution in [-0.2, 0) is 82.8 Å². The summed E-state index contributed by atoms with van der Waals surface area (Å²) in [6.07, 6.45) is -12.2. The van der Waals surface area contributed by atoms with Gasteiger partial charge in [0.2, 0.25) is 0 Å². The number of nitrogens with one attached hydrogen (secondary N) is 3. The SMILES string of the molecule is CC(C)C(=O)CCCN1CCOCC1.CC(C)C(=O)Cc1ccc(CN2CCN(C)CC2)c(C(F)(F)F)c1.CC(C)NC(=O)c1ccc(CN2CCN(C)CC2)c(C(F)(F)F)c1.CCN1CCN(Cc2ccc(C(=O)NC(C)C)cc2C(F)(F)F)CC1.CCN1CCN(Cc2ccc(CC(=O)C(C)C)cc2C(F)(F)F)CC1.Cc1cc(C(=O)NC(C)C)cc(-n2cnc(C)c2)c1. The molecule has 11 rings (SSSR count). The first-order valence-corrected chi connectivity index (χ1v) is 45.8. The van der Waals surface area contributed by atoms with Gasteiger partial charge in [0, 0.05) is 228 Å². The topological polar surface area (TPSA) is 195 Å². The predicted molar refractivity (Wildman–Crippen MR) is 490 cm³/mol. The number of aryl methyl sites for hydroxylation is 2. The molecular formula is C98H142F12N14O7. The third kappa shape index (κ3) is 39.2. The first kappa shape index (κ1) is 111. The van der Waals surface area contributed by atoms with Crippen molar-refractivity contribution in [2.75, 3.05) is 165 Å². The van der Waals surface area contributed by atoms with Crippen LogP contribution in [0.15, 0.2) is 104 Å². The van der Waals surface area contributed by atoms with Crippen molar-refractivity contribution in [2.24, 2.45) is 17.8 Å². The van der Waals surface area contributed by atoms with Crippen molar-refractivity contribution in [3.63, 3.8) is 0 Å². The number of aromatic nitrogens is 2. The van der Waals surface area contributed by atoms with Crippen LogP contribution in [0.4, 0.5) is 52.7 Å². The monoisotopic (exact) mass is 1860 g/mol. The summed E-state index contributed by atoms with van der Waals surface area (Å²) in [4.78, 5) is 94.7. The molecule has 3 N–H and O–H groups in total. The summed E-state index contributed by atoms with van der Waals surface area (Å²) in [7, 11) is 4.01. The predicted octanol–water partition coefficient (Wildman–Crippen LogP) is 16.4. The summed E-state index contributed by atoms with van der Waals surface area (Å²) in [5.41, 5.74) is 2.93. The maximum Gasteiger partial charge on any atom is 0.416 e. The number of alkyl halides is 12. The Bertz CT molecular complexity index is 4550. The van der Waals surface area contributed by atoms with Gasteiger partial charge in [0.15, 0.2) is 0 Å². The molecule has 131 heavy (non-hydrogen) atoms. The van der Waals surface area contributed by atoms with Crippen LogP contribution in [0, 0.1) is 31.6 Å². The lowest BCUT2D eigenvalue weighted by Gasteiger charge is -2.34. The van der Waals surface area contributed by atoms with Crippen molar-refractivity contribution in [3.8, 4) is 5.69 Å². The number of carbonyl (C=O) groups excluding carboxylic acids is 6. The minimum absolute atomic E-state index is 0.0400. The van der Waals surface area contributed by atoms with Crippen LogP contribution >= 0.6 is 0 Å². The zero-order chi connectivity index (χ0) is 97.4. The fourth-order valence-electron chi connectivity index (χ4n) is 15.1. The molecule has 5 aliphatic rings. The van der Waals surface area contributed by atoms with E-state index in [1.54, 1.807) is 73.8 Å². The van der Waals surface area contributed by atoms with Crippen molar-refractivity contribution >= 4 is 35.1 Å². The Balaban J connectivity index is 0.000000244. The molecule has 0 bridgehead atoms. The molecule has 0 atom stereocenters. The van der Waals surface area contributed by atoms with Crippen LogP contribution < -0.4 is 16.0 Å². The number of imidazole rings is 1. The molecule has 3 amide bonds. The number of halogens is 12. The van der Waals surface area contributed by atoms with Crippen LogP contribution in [-0.4, -0.2) is 272 Å². The minimum Gasteiger partial charge on any atom is -0.379 e. The van der Waals surface area contributed by atoms with Gasteiger partial charge in [-0.3, -0.25) is 53.3 Å². The zero-order valence-electron chi connectivity index (χ0n) is 80.0. The number of nitrogens with zero attached hydrogens (tertiary/aromatic N) is 11. The van der Waals surface area contributed by atoms with Crippen molar-refractivity contribution in [1.29, 1.82) is 0 Å². The van der Waals surface area contributed by atoms with Crippen LogP contribution in [0.5, 0.6) is 0 Å². The van der Waals surface area contributed by atoms with E-state index in [-0.39, 0.29) is 113 Å². The van der Waals surface area contributed by atoms with Crippen molar-refractivity contribution in [1.82, 2.24) is 69.6 Å². The highest BCUT2D eigenvalue weighted by Gasteiger charge is 2.39. The van der Waals surface area contributed by atoms with E-state index in [1.807, 2.05) is 99.3 Å². The Morgan fingerprint density at radius 3 is 1.02 bits per heavy atom. The number of piperazine rings is 4. The number of morpholine rings is 1. The zero-order valence-corrected chi connectivity index (χ0v) is 80.0. The van der Waals surface area contributed by atoms with Crippen LogP contribution in [0.1, 0.15) is 208 Å². The molecule has 0 saturated carbocycles. The van der Waals surface area contributed by atoms with Gasteiger partial charge >= 0.3 is 24.7 Å². The average molecular weight is 1860 g/mol. The van der Waals surface area contributed by atoms with E-state index in [0.717, 1.165) is 205 Å². The molecule has 6 heterocycles. The Kier molecular flexibility index (Phi) is 45.0. The second-order valence-electron chi connectivity index (χ2n) is 36.4. The highest BCUT2D eigenvalue weighted by atomic mass is 19.4. The normalized spacial score (nSPS) is 16.5. The highest BCUT2D eigenvalue weighted by molar-refractivity contribution is 5.96. The van der Waals surface area contributed by atoms with Gasteiger partial charge in [0.05, 0.1) is 47.5 Å². The number of benzene rings is 5. The van der Waals surface area contributed by atoms with E-state index in [0.29, 0.717) is 35.6 Å². The molecule has 5 aliphatic heterocycles. The lowest BCUT2D eigenvalue weighted by atomic mass is 9.96. The Morgan fingerprint density at radius 2 is 0.702 bits per heavy atom. The van der Waals surface area contributed by atoms with E-state index < -0.39 is 58.8 Å². The molecule has 6 aromatic rings. The van der Waals surface area contributed by atoms with E-state index in [9.17, 15) is 81.5 Å². The number of carbonyl (C=O) groups is 6. The second kappa shape index (κ2) is 53.0. The number of amides is 3. The van der Waals surface area contributed by atoms with Crippen LogP contribution in [0.3, 0.4) is 0 Å². The summed E-state index contributed by atoms with van der Waals surface area (Å²) in [6, 6.07) is 22.1. The molecule has 5 fully saturated rings. The number of hydrogen-bond acceptors (Lipinski definition) is 17. The number of hydrogen-bond donors (Lipinski definition) is 3. The molecule has 0 spiro atoms. The molecule has 21 nitrogen and oxygen atoms in total. The van der Waals surface area contributed by atoms with Gasteiger partial charge < -0.3 is 44.9 Å². The number of likely N-dealkylation sites (N-methyl/N-ethyl adjacent to an activating group) is 4. The van der Waals surface area contributed by atoms with Crippen molar-refractivity contribution in [3.05, 3.63) is 187 Å². The van der Waals surface area contributed by atoms with Gasteiger partial charge in [0.1, 0.15) is 17.3 Å². The largest absolute Gasteiger partial charge is 0.416 e. The van der Waals surface area contributed by atoms with Gasteiger partial charge in [0.25, 0.3) is 17.7 Å². The number of rotatable bonds is 28. The summed E-state index contributed by atoms with van der Waals surface area (Å²) in [5, 5.41) is 8.16. The van der Waals surface area contributed by atoms with Crippen molar-refractivity contribution < 1.29 is 86.2 Å². The molecular weight excluding hydrogens is 1710 g/mol. The van der Waals surface area contributed by atoms with Crippen LogP contribution in [0.2, 0.25) is 0 Å². The van der Waals surface area contributed by atoms with E-state index in [4.69, 9.17) is 4.74 Å². The molecule has 0 radical (unpaired) electrons. The smallest absolute Gasteiger partial charge is 0.379 e. The molecule has 730 valence electrons. The summed E-state index contributed by atoms with van der Waals surface area (Å²) in [6.45, 7) is 50.8. The van der Waals surface area contributed by atoms with Gasteiger partial charge in [-0.2, -0.15) is 52.7 Å². The third-order valence-corrected chi connectivity index (χ3v) is 23.2. The fourth-order valence-corrected chi connectivity index (χ4v) is 15.1. The standard InChI is InChI=1S/C19H27F3N2O.C18H26F3N3O.C18H25F3N2O.C17H24F3N3O.C15H19N3O.C11H21NO2/c1-4-23-7-9-24(10-8-23)13-16-6-5-15(12-18(25)14(2)3)11-17(16)19(20,21)22;1-4-23-7-9-24(10-8-23)12-15-6-5-14(17(25)22-13(2)3)11-16(15)18(19,20)21;1-13(2)17(24)11-14-4-5-15(16(10-14)18(19,20)21)12-23-8-6-22(3)7-9-23;1-12(2)21-16(24)13-4-5-14(15(10-13)17(18,19)20)11-23-8-6-22(3)7-9-23;1-10(2)17-15(19)13-5-11(3)6-14(7-13)18-8-12(4)16-9-18;1-10(2)11(13)4-3-5-12-6-8-14-9-7-12/h5-6,11,14H,4,7-10,12-13H2,1-3H3;5-6,11,13H,4,7-10,12H2,1-3H3,(H,22,25);4-5,10,13H,6-9,11-12H2,1-3H3;4-5,10,12H,6-9,11H2,1-3H3,(H,21,24);5-10H,1-4H3,(H,17,19);10H,3-9H2,1-2H3. The van der Waals surface area contributed by atoms with E-state index >= 15 is 0 Å². The quantitative estimate of drug-likeness (QED) is 0.0392. The van der Waals surface area contributed by atoms with Crippen molar-refractivity contribution in [2.45, 2.75) is 205 Å². The molecule has 5 aromatic carbocycles. The van der Waals surface area contributed by atoms with Gasteiger partial charge in [-0.1, -0.05) is 91.8 Å². The van der Waals surface area contributed by atoms with Crippen LogP contribution in [0.25, 0.3) is 5.69 Å². The maximum absolute atomic E-state index is 13.5. The number of Topliss-reactive ketones (excluding diaryl/α,β-unsaturated/α-hetero) is 3. The van der Waals surface area contributed by atoms with E-state index in [1.165, 1.54) is 36.4 Å². The third-order valence-electron chi connectivity index (χ3n) is 23.2. The fraction of sp³-hybridized carbons (Fsp3) is 0.602. The van der Waals surface area contributed by atoms with Gasteiger partial charge in [-0.15, -0.1) is 0 Å². The van der Waals surface area contributed by atoms with E-state index in [2.05, 4.69) is 64.2 Å². The molecule has 0 unspecified atom stereocenters. The Labute approximate surface area is 768 Å². The first-order chi connectivity index (χ1) is 61.4. The van der Waals surface area contributed by atoms with Gasteiger partial charge in [-0.25, -0.2) is 4.98 Å². The average Bonchev–Trinajstić information content (AvgIpc) is 1.02. The molecule has 0 aliphatic carbocycles. The minimum atomic E-state index is -4.48. The lowest BCUT2D eigenvalue weighted by molar-refractivity contribution is -0.139. The summed E-state index contributed by atoms with van der Waals surface area (Å²) in [5.74, 6) is -0.875. The summed E-state index contributed by atoms with van der Waals surface area (Å²) >= 11 is 0. The first-order valence-electron chi connectivity index (χ1n) is 45.8. The molecule has 5 saturated heterocycles. The maximum atomic E-state index is 13.5. The molecule has 1 aromatic heterocycles. The lowest BCUT2D eigenvalue weighted by Crippen LogP contribution is -2.45. The molecule has 33 heteroatoms. The highest BCUT2D eigenvalue weighted by Crippen LogP contribution is 2.38. The second-order valence-corrected chi connectivity index (χ2v) is 36.4.